The number of ether oxygens (including phenoxy) is 2. The molecule has 0 unspecified atom stereocenters. The summed E-state index contributed by atoms with van der Waals surface area (Å²) in [5.74, 6) is 2.18. The normalized spacial score (nSPS) is 10.2. The summed E-state index contributed by atoms with van der Waals surface area (Å²) >= 11 is 0. The molecule has 0 spiro atoms. The summed E-state index contributed by atoms with van der Waals surface area (Å²) in [5, 5.41) is 11.5. The Balaban J connectivity index is 2.18. The number of nitrogens with one attached hydrogen (secondary N) is 1. The molecule has 0 radical (unpaired) electrons. The molecule has 1 aromatic heterocycles. The molecule has 21 heavy (non-hydrogen) atoms. The molecule has 0 fully saturated rings. The van der Waals surface area contributed by atoms with Crippen molar-refractivity contribution >= 4 is 5.82 Å². The number of hydrogen-bond donors (Lipinski definition) is 2. The molecule has 1 heterocycles. The van der Waals surface area contributed by atoms with Crippen LogP contribution in [0, 0.1) is 0 Å². The highest BCUT2D eigenvalue weighted by Gasteiger charge is 2.09. The fraction of sp³-hybridized carbons (Fsp3) is 0.333. The second kappa shape index (κ2) is 7.44. The molecular weight excluding hydrogens is 268 g/mol. The van der Waals surface area contributed by atoms with Crippen LogP contribution in [0.15, 0.2) is 30.3 Å². The van der Waals surface area contributed by atoms with Gasteiger partial charge in [-0.15, -0.1) is 10.2 Å². The van der Waals surface area contributed by atoms with Crippen molar-refractivity contribution in [2.75, 3.05) is 32.6 Å². The van der Waals surface area contributed by atoms with Crippen molar-refractivity contribution in [3.63, 3.8) is 0 Å². The molecule has 6 heteroatoms. The molecule has 2 rings (SSSR count). The van der Waals surface area contributed by atoms with Gasteiger partial charge in [0.2, 0.25) is 0 Å². The van der Waals surface area contributed by atoms with E-state index in [0.717, 1.165) is 35.8 Å². The highest BCUT2D eigenvalue weighted by atomic mass is 16.5. The monoisotopic (exact) mass is 288 g/mol. The third kappa shape index (κ3) is 3.82. The Labute approximate surface area is 124 Å². The minimum absolute atomic E-state index is 0.654. The maximum absolute atomic E-state index is 5.45. The number of nitrogens with zero attached hydrogens (tertiary/aromatic N) is 2. The van der Waals surface area contributed by atoms with Gasteiger partial charge in [-0.05, 0) is 37.2 Å². The topological polar surface area (TPSA) is 82.3 Å². The first-order valence-corrected chi connectivity index (χ1v) is 6.78. The number of aromatic nitrogens is 2. The Kier molecular flexibility index (Phi) is 5.34. The van der Waals surface area contributed by atoms with E-state index in [0.29, 0.717) is 12.3 Å². The molecule has 0 aliphatic rings. The maximum atomic E-state index is 5.45. The minimum atomic E-state index is 0.654. The van der Waals surface area contributed by atoms with Gasteiger partial charge < -0.3 is 20.5 Å². The summed E-state index contributed by atoms with van der Waals surface area (Å²) in [5.41, 5.74) is 7.07. The summed E-state index contributed by atoms with van der Waals surface area (Å²) in [6, 6.07) is 9.39. The van der Waals surface area contributed by atoms with Crippen molar-refractivity contribution in [2.24, 2.45) is 5.73 Å². The zero-order chi connectivity index (χ0) is 15.1. The second-order valence-corrected chi connectivity index (χ2v) is 4.44. The van der Waals surface area contributed by atoms with Gasteiger partial charge in [-0.25, -0.2) is 0 Å². The van der Waals surface area contributed by atoms with Gasteiger partial charge in [0.15, 0.2) is 0 Å². The maximum Gasteiger partial charge on any atom is 0.148 e. The van der Waals surface area contributed by atoms with Gasteiger partial charge >= 0.3 is 0 Å². The van der Waals surface area contributed by atoms with E-state index >= 15 is 0 Å². The Morgan fingerprint density at radius 3 is 2.57 bits per heavy atom. The van der Waals surface area contributed by atoms with Gasteiger partial charge in [-0.3, -0.25) is 0 Å². The third-order valence-corrected chi connectivity index (χ3v) is 3.04. The molecule has 3 N–H and O–H groups in total. The second-order valence-electron chi connectivity index (χ2n) is 4.44. The lowest BCUT2D eigenvalue weighted by Crippen LogP contribution is -2.09. The van der Waals surface area contributed by atoms with Crippen LogP contribution in [0.2, 0.25) is 0 Å². The highest BCUT2D eigenvalue weighted by Crippen LogP contribution is 2.31. The van der Waals surface area contributed by atoms with E-state index in [4.69, 9.17) is 15.2 Å². The molecule has 0 amide bonds. The molecule has 0 aliphatic heterocycles. The van der Waals surface area contributed by atoms with Gasteiger partial charge in [0.1, 0.15) is 17.3 Å². The number of methoxy groups -OCH3 is 2. The predicted octanol–water partition coefficient (Wildman–Crippen LogP) is 1.92. The van der Waals surface area contributed by atoms with Crippen molar-refractivity contribution in [2.45, 2.75) is 6.42 Å². The molecule has 6 nitrogen and oxygen atoms in total. The smallest absolute Gasteiger partial charge is 0.148 e. The van der Waals surface area contributed by atoms with Crippen LogP contribution in [0.1, 0.15) is 6.42 Å². The first kappa shape index (κ1) is 15.1. The van der Waals surface area contributed by atoms with Crippen LogP contribution in [-0.2, 0) is 0 Å². The minimum Gasteiger partial charge on any atom is -0.497 e. The van der Waals surface area contributed by atoms with Crippen LogP contribution in [0.25, 0.3) is 11.3 Å². The van der Waals surface area contributed by atoms with Gasteiger partial charge in [-0.2, -0.15) is 0 Å². The number of hydrogen-bond acceptors (Lipinski definition) is 6. The van der Waals surface area contributed by atoms with E-state index in [2.05, 4.69) is 15.5 Å². The van der Waals surface area contributed by atoms with E-state index in [1.165, 1.54) is 0 Å². The Bertz CT molecular complexity index is 572. The van der Waals surface area contributed by atoms with E-state index in [1.807, 2.05) is 30.3 Å². The lowest BCUT2D eigenvalue weighted by Gasteiger charge is -2.10. The van der Waals surface area contributed by atoms with Gasteiger partial charge in [0.25, 0.3) is 0 Å². The molecule has 1 aromatic carbocycles. The van der Waals surface area contributed by atoms with Crippen molar-refractivity contribution in [3.8, 4) is 22.8 Å². The van der Waals surface area contributed by atoms with Crippen molar-refractivity contribution in [3.05, 3.63) is 30.3 Å². The highest BCUT2D eigenvalue weighted by molar-refractivity contribution is 5.68. The van der Waals surface area contributed by atoms with Crippen molar-refractivity contribution in [1.29, 1.82) is 0 Å². The average molecular weight is 288 g/mol. The summed E-state index contributed by atoms with van der Waals surface area (Å²) in [6.07, 6.45) is 0.899. The SMILES string of the molecule is COc1ccc(-c2ccc(NCCCN)nn2)c(OC)c1. The average Bonchev–Trinajstić information content (AvgIpc) is 2.55. The van der Waals surface area contributed by atoms with Gasteiger partial charge in [0, 0.05) is 18.2 Å². The van der Waals surface area contributed by atoms with Crippen LogP contribution in [0.4, 0.5) is 5.82 Å². The van der Waals surface area contributed by atoms with Crippen LogP contribution in [-0.4, -0.2) is 37.5 Å². The zero-order valence-electron chi connectivity index (χ0n) is 12.3. The lowest BCUT2D eigenvalue weighted by atomic mass is 10.1. The molecular formula is C15H20N4O2. The van der Waals surface area contributed by atoms with E-state index in [9.17, 15) is 0 Å². The molecule has 0 aliphatic carbocycles. The lowest BCUT2D eigenvalue weighted by molar-refractivity contribution is 0.395. The Hall–Kier alpha value is -2.34. The summed E-state index contributed by atoms with van der Waals surface area (Å²) in [7, 11) is 3.24. The molecule has 0 saturated carbocycles. The number of rotatable bonds is 7. The molecule has 0 saturated heterocycles. The first-order chi connectivity index (χ1) is 10.3. The van der Waals surface area contributed by atoms with Gasteiger partial charge in [0.05, 0.1) is 19.9 Å². The Morgan fingerprint density at radius 1 is 1.10 bits per heavy atom. The summed E-state index contributed by atoms with van der Waals surface area (Å²) in [6.45, 7) is 1.44. The third-order valence-electron chi connectivity index (χ3n) is 3.04. The fourth-order valence-electron chi connectivity index (χ4n) is 1.90. The molecule has 2 aromatic rings. The largest absolute Gasteiger partial charge is 0.497 e. The van der Waals surface area contributed by atoms with Crippen LogP contribution in [0.5, 0.6) is 11.5 Å². The van der Waals surface area contributed by atoms with Crippen LogP contribution < -0.4 is 20.5 Å². The molecule has 0 atom stereocenters. The number of nitrogens with two attached hydrogens (primary N) is 1. The van der Waals surface area contributed by atoms with E-state index < -0.39 is 0 Å². The van der Waals surface area contributed by atoms with Crippen LogP contribution in [0.3, 0.4) is 0 Å². The Morgan fingerprint density at radius 2 is 1.95 bits per heavy atom. The van der Waals surface area contributed by atoms with Crippen molar-refractivity contribution in [1.82, 2.24) is 10.2 Å². The predicted molar refractivity (Wildman–Crippen MR) is 82.7 cm³/mol. The molecule has 112 valence electrons. The van der Waals surface area contributed by atoms with E-state index in [1.54, 1.807) is 14.2 Å². The number of benzene rings is 1. The van der Waals surface area contributed by atoms with Crippen LogP contribution >= 0.6 is 0 Å². The quantitative estimate of drug-likeness (QED) is 0.757. The van der Waals surface area contributed by atoms with E-state index in [-0.39, 0.29) is 0 Å². The standard InChI is InChI=1S/C15H20N4O2/c1-20-11-4-5-12(14(10-11)21-2)13-6-7-15(19-18-13)17-9-3-8-16/h4-7,10H,3,8-9,16H2,1-2H3,(H,17,19). The zero-order valence-corrected chi connectivity index (χ0v) is 12.3. The fourth-order valence-corrected chi connectivity index (χ4v) is 1.90. The summed E-state index contributed by atoms with van der Waals surface area (Å²) < 4.78 is 10.6. The number of anilines is 1. The summed E-state index contributed by atoms with van der Waals surface area (Å²) in [4.78, 5) is 0. The first-order valence-electron chi connectivity index (χ1n) is 6.78. The molecule has 0 bridgehead atoms. The van der Waals surface area contributed by atoms with Crippen molar-refractivity contribution < 1.29 is 9.47 Å². The van der Waals surface area contributed by atoms with Gasteiger partial charge in [-0.1, -0.05) is 0 Å².